The highest BCUT2D eigenvalue weighted by molar-refractivity contribution is 5.87. The molecule has 3 N–H and O–H groups in total. The summed E-state index contributed by atoms with van der Waals surface area (Å²) in [7, 11) is 0. The number of aromatic amines is 1. The van der Waals surface area contributed by atoms with Crippen molar-refractivity contribution in [1.82, 2.24) is 4.98 Å². The van der Waals surface area contributed by atoms with E-state index >= 15 is 0 Å². The molecule has 2 rings (SSSR count). The quantitative estimate of drug-likeness (QED) is 0.772. The van der Waals surface area contributed by atoms with Crippen molar-refractivity contribution in [3.05, 3.63) is 35.0 Å². The van der Waals surface area contributed by atoms with Crippen LogP contribution in [0.1, 0.15) is 29.5 Å². The second-order valence-electron chi connectivity index (χ2n) is 4.39. The van der Waals surface area contributed by atoms with Crippen molar-refractivity contribution >= 4 is 10.9 Å². The summed E-state index contributed by atoms with van der Waals surface area (Å²) in [5.41, 5.74) is 10.9. The van der Waals surface area contributed by atoms with E-state index < -0.39 is 0 Å². The molecule has 2 aromatic rings. The molecule has 1 unspecified atom stereocenters. The molecule has 0 saturated heterocycles. The average Bonchev–Trinajstić information content (AvgIpc) is 2.60. The van der Waals surface area contributed by atoms with E-state index in [9.17, 15) is 0 Å². The van der Waals surface area contributed by atoms with Crippen molar-refractivity contribution in [3.8, 4) is 0 Å². The highest BCUT2D eigenvalue weighted by atomic mass is 14.7. The van der Waals surface area contributed by atoms with Crippen molar-refractivity contribution in [2.75, 3.05) is 6.54 Å². The number of aryl methyl sites for hydroxylation is 2. The van der Waals surface area contributed by atoms with E-state index in [1.807, 2.05) is 0 Å². The molecule has 0 saturated carbocycles. The number of fused-ring (bicyclic) bond motifs is 1. The van der Waals surface area contributed by atoms with Crippen LogP contribution < -0.4 is 5.73 Å². The van der Waals surface area contributed by atoms with Crippen molar-refractivity contribution in [2.24, 2.45) is 5.73 Å². The van der Waals surface area contributed by atoms with E-state index in [1.165, 1.54) is 27.6 Å². The van der Waals surface area contributed by atoms with Gasteiger partial charge in [0.15, 0.2) is 0 Å². The molecule has 15 heavy (non-hydrogen) atoms. The third kappa shape index (κ3) is 1.65. The molecule has 2 heteroatoms. The maximum absolute atomic E-state index is 5.72. The molecule has 0 bridgehead atoms. The number of aromatic nitrogens is 1. The molecule has 1 atom stereocenters. The van der Waals surface area contributed by atoms with E-state index in [0.717, 1.165) is 0 Å². The highest BCUT2D eigenvalue weighted by Gasteiger charge is 2.11. The van der Waals surface area contributed by atoms with Gasteiger partial charge < -0.3 is 10.7 Å². The predicted molar refractivity (Wildman–Crippen MR) is 65.2 cm³/mol. The number of H-pyrrole nitrogens is 1. The number of nitrogens with two attached hydrogens (primary N) is 1. The average molecular weight is 202 g/mol. The fraction of sp³-hybridized carbons (Fsp3) is 0.385. The van der Waals surface area contributed by atoms with Gasteiger partial charge in [0.05, 0.1) is 0 Å². The minimum atomic E-state index is 0.417. The first kappa shape index (κ1) is 10.2. The Morgan fingerprint density at radius 2 is 2.07 bits per heavy atom. The van der Waals surface area contributed by atoms with E-state index in [-0.39, 0.29) is 0 Å². The molecule has 1 aromatic carbocycles. The third-order valence-electron chi connectivity index (χ3n) is 3.05. The summed E-state index contributed by atoms with van der Waals surface area (Å²) < 4.78 is 0. The molecule has 2 nitrogen and oxygen atoms in total. The summed E-state index contributed by atoms with van der Waals surface area (Å²) in [6, 6.07) is 4.44. The van der Waals surface area contributed by atoms with Gasteiger partial charge in [0.1, 0.15) is 0 Å². The molecule has 0 spiro atoms. The summed E-state index contributed by atoms with van der Waals surface area (Å²) in [6.45, 7) is 7.14. The number of nitrogens with one attached hydrogen (secondary N) is 1. The minimum Gasteiger partial charge on any atom is -0.361 e. The molecular formula is C13H18N2. The van der Waals surface area contributed by atoms with Gasteiger partial charge in [-0.3, -0.25) is 0 Å². The van der Waals surface area contributed by atoms with Crippen LogP contribution in [0.15, 0.2) is 18.3 Å². The Morgan fingerprint density at radius 3 is 2.73 bits per heavy atom. The molecule has 1 heterocycles. The van der Waals surface area contributed by atoms with E-state index in [2.05, 4.69) is 44.1 Å². The van der Waals surface area contributed by atoms with Gasteiger partial charge in [-0.25, -0.2) is 0 Å². The van der Waals surface area contributed by atoms with Gasteiger partial charge >= 0.3 is 0 Å². The van der Waals surface area contributed by atoms with Gasteiger partial charge in [0.25, 0.3) is 0 Å². The van der Waals surface area contributed by atoms with Gasteiger partial charge in [-0.15, -0.1) is 0 Å². The van der Waals surface area contributed by atoms with Crippen LogP contribution in [-0.4, -0.2) is 11.5 Å². The first-order valence-electron chi connectivity index (χ1n) is 5.41. The Bertz CT molecular complexity index is 482. The van der Waals surface area contributed by atoms with Crippen LogP contribution in [0.4, 0.5) is 0 Å². The van der Waals surface area contributed by atoms with Crippen LogP contribution in [0.25, 0.3) is 10.9 Å². The second kappa shape index (κ2) is 3.70. The van der Waals surface area contributed by atoms with Crippen molar-refractivity contribution < 1.29 is 0 Å². The van der Waals surface area contributed by atoms with E-state index in [1.54, 1.807) is 0 Å². The summed E-state index contributed by atoms with van der Waals surface area (Å²) in [6.07, 6.45) is 2.09. The lowest BCUT2D eigenvalue weighted by molar-refractivity contribution is 0.780. The molecule has 0 radical (unpaired) electrons. The lowest BCUT2D eigenvalue weighted by Gasteiger charge is -2.07. The number of hydrogen-bond donors (Lipinski definition) is 2. The zero-order valence-electron chi connectivity index (χ0n) is 9.59. The zero-order chi connectivity index (χ0) is 11.0. The fourth-order valence-corrected chi connectivity index (χ4v) is 2.15. The first-order valence-corrected chi connectivity index (χ1v) is 5.41. The summed E-state index contributed by atoms with van der Waals surface area (Å²) in [4.78, 5) is 3.34. The van der Waals surface area contributed by atoms with Crippen LogP contribution in [-0.2, 0) is 0 Å². The highest BCUT2D eigenvalue weighted by Crippen LogP contribution is 2.27. The van der Waals surface area contributed by atoms with Crippen LogP contribution >= 0.6 is 0 Å². The Morgan fingerprint density at radius 1 is 1.33 bits per heavy atom. The maximum Gasteiger partial charge on any atom is 0.0486 e. The van der Waals surface area contributed by atoms with Gasteiger partial charge in [-0.1, -0.05) is 18.6 Å². The molecule has 0 aliphatic carbocycles. The largest absolute Gasteiger partial charge is 0.361 e. The van der Waals surface area contributed by atoms with E-state index in [4.69, 9.17) is 5.73 Å². The molecule has 0 amide bonds. The van der Waals surface area contributed by atoms with Crippen LogP contribution in [0.2, 0.25) is 0 Å². The Kier molecular flexibility index (Phi) is 2.53. The lowest BCUT2D eigenvalue weighted by atomic mass is 9.98. The monoisotopic (exact) mass is 202 g/mol. The number of benzene rings is 1. The molecular weight excluding hydrogens is 184 g/mol. The van der Waals surface area contributed by atoms with Gasteiger partial charge in [-0.2, -0.15) is 0 Å². The van der Waals surface area contributed by atoms with Crippen LogP contribution in [0.3, 0.4) is 0 Å². The molecule has 0 aliphatic rings. The molecule has 0 aliphatic heterocycles. The van der Waals surface area contributed by atoms with Crippen LogP contribution in [0.5, 0.6) is 0 Å². The Hall–Kier alpha value is -1.28. The zero-order valence-corrected chi connectivity index (χ0v) is 9.59. The van der Waals surface area contributed by atoms with Crippen molar-refractivity contribution in [2.45, 2.75) is 26.7 Å². The smallest absolute Gasteiger partial charge is 0.0486 e. The third-order valence-corrected chi connectivity index (χ3v) is 3.05. The minimum absolute atomic E-state index is 0.417. The van der Waals surface area contributed by atoms with Crippen LogP contribution in [0, 0.1) is 13.8 Å². The topological polar surface area (TPSA) is 41.8 Å². The van der Waals surface area contributed by atoms with Crippen molar-refractivity contribution in [1.29, 1.82) is 0 Å². The lowest BCUT2D eigenvalue weighted by Crippen LogP contribution is -2.08. The predicted octanol–water partition coefficient (Wildman–Crippen LogP) is 2.85. The standard InChI is InChI=1S/C13H18N2/c1-8-4-9(2)13-11(5-8)12(7-15-13)10(3)6-14/h4-5,7,10,15H,6,14H2,1-3H3. The first-order chi connectivity index (χ1) is 7.13. The molecule has 1 aromatic heterocycles. The van der Waals surface area contributed by atoms with Gasteiger partial charge in [-0.05, 0) is 43.5 Å². The Labute approximate surface area is 90.5 Å². The fourth-order valence-electron chi connectivity index (χ4n) is 2.15. The summed E-state index contributed by atoms with van der Waals surface area (Å²) in [5, 5.41) is 1.32. The van der Waals surface area contributed by atoms with E-state index in [0.29, 0.717) is 12.5 Å². The molecule has 0 fully saturated rings. The number of rotatable bonds is 2. The van der Waals surface area contributed by atoms with Crippen molar-refractivity contribution in [3.63, 3.8) is 0 Å². The maximum atomic E-state index is 5.72. The number of hydrogen-bond acceptors (Lipinski definition) is 1. The summed E-state index contributed by atoms with van der Waals surface area (Å²) >= 11 is 0. The second-order valence-corrected chi connectivity index (χ2v) is 4.39. The van der Waals surface area contributed by atoms with Gasteiger partial charge in [0.2, 0.25) is 0 Å². The molecule has 80 valence electrons. The van der Waals surface area contributed by atoms with Gasteiger partial charge in [0, 0.05) is 17.1 Å². The summed E-state index contributed by atoms with van der Waals surface area (Å²) in [5.74, 6) is 0.417. The SMILES string of the molecule is Cc1cc(C)c2[nH]cc(C(C)CN)c2c1. The normalized spacial score (nSPS) is 13.3. The Balaban J connectivity index is 2.68.